The molecule has 1 saturated heterocycles. The molecule has 0 bridgehead atoms. The zero-order chi connectivity index (χ0) is 20.3. The van der Waals surface area contributed by atoms with E-state index in [1.54, 1.807) is 4.57 Å². The standard InChI is InChI=1S/C21H28N2O5/c1-4-18-22-17-11-6-5-10-16(17)19(24)23(18)12-8-7-9-15-13-27-21(3,20(25)26)28-14(15)2/h5-6,10-11,14-15H,4,7-9,12-13H2,1-3H3,(H,25,26). The summed E-state index contributed by atoms with van der Waals surface area (Å²) >= 11 is 0. The van der Waals surface area contributed by atoms with E-state index in [1.165, 1.54) is 6.92 Å². The predicted molar refractivity (Wildman–Crippen MR) is 105 cm³/mol. The first-order chi connectivity index (χ1) is 13.4. The number of ether oxygens (including phenoxy) is 2. The van der Waals surface area contributed by atoms with E-state index in [2.05, 4.69) is 4.98 Å². The van der Waals surface area contributed by atoms with Crippen LogP contribution in [0, 0.1) is 5.92 Å². The summed E-state index contributed by atoms with van der Waals surface area (Å²) in [6.07, 6.45) is 3.11. The second-order valence-electron chi connectivity index (χ2n) is 7.50. The number of fused-ring (bicyclic) bond motifs is 1. The van der Waals surface area contributed by atoms with Crippen molar-refractivity contribution in [2.75, 3.05) is 6.61 Å². The number of carboxylic acids is 1. The molecule has 1 N–H and O–H groups in total. The lowest BCUT2D eigenvalue weighted by Crippen LogP contribution is -2.51. The summed E-state index contributed by atoms with van der Waals surface area (Å²) < 4.78 is 12.8. The highest BCUT2D eigenvalue weighted by Crippen LogP contribution is 2.29. The second kappa shape index (κ2) is 8.41. The van der Waals surface area contributed by atoms with Crippen LogP contribution in [0.2, 0.25) is 0 Å². The molecule has 3 atom stereocenters. The number of carboxylic acid groups (broad SMARTS) is 1. The van der Waals surface area contributed by atoms with Gasteiger partial charge in [0, 0.05) is 25.8 Å². The van der Waals surface area contributed by atoms with E-state index in [1.807, 2.05) is 38.1 Å². The fourth-order valence-corrected chi connectivity index (χ4v) is 3.71. The van der Waals surface area contributed by atoms with Gasteiger partial charge in [-0.3, -0.25) is 9.36 Å². The van der Waals surface area contributed by atoms with Gasteiger partial charge in [-0.2, -0.15) is 0 Å². The van der Waals surface area contributed by atoms with Crippen LogP contribution in [0.25, 0.3) is 10.9 Å². The van der Waals surface area contributed by atoms with Gasteiger partial charge < -0.3 is 14.6 Å². The third kappa shape index (κ3) is 4.10. The molecule has 0 amide bonds. The van der Waals surface area contributed by atoms with Crippen LogP contribution >= 0.6 is 0 Å². The lowest BCUT2D eigenvalue weighted by Gasteiger charge is -2.39. The average Bonchev–Trinajstić information content (AvgIpc) is 2.67. The van der Waals surface area contributed by atoms with E-state index in [9.17, 15) is 14.7 Å². The van der Waals surface area contributed by atoms with Crippen LogP contribution in [0.4, 0.5) is 0 Å². The normalized spacial score (nSPS) is 25.1. The number of unbranched alkanes of at least 4 members (excludes halogenated alkanes) is 1. The van der Waals surface area contributed by atoms with Crippen molar-refractivity contribution in [3.8, 4) is 0 Å². The van der Waals surface area contributed by atoms with Crippen LogP contribution in [0.15, 0.2) is 29.1 Å². The largest absolute Gasteiger partial charge is 0.477 e. The Labute approximate surface area is 164 Å². The van der Waals surface area contributed by atoms with E-state index in [4.69, 9.17) is 9.47 Å². The SMILES string of the molecule is CCc1nc2ccccc2c(=O)n1CCCCC1COC(C)(C(=O)O)OC1C. The minimum absolute atomic E-state index is 0.0115. The van der Waals surface area contributed by atoms with Gasteiger partial charge >= 0.3 is 5.97 Å². The third-order valence-electron chi connectivity index (χ3n) is 5.50. The summed E-state index contributed by atoms with van der Waals surface area (Å²) in [5.41, 5.74) is 0.754. The van der Waals surface area contributed by atoms with Crippen LogP contribution in [0.3, 0.4) is 0 Å². The number of aryl methyl sites for hydroxylation is 1. The van der Waals surface area contributed by atoms with Gasteiger partial charge in [-0.25, -0.2) is 9.78 Å². The summed E-state index contributed by atoms with van der Waals surface area (Å²) in [5, 5.41) is 9.85. The van der Waals surface area contributed by atoms with Gasteiger partial charge in [0.1, 0.15) is 5.82 Å². The topological polar surface area (TPSA) is 90.7 Å². The summed E-state index contributed by atoms with van der Waals surface area (Å²) in [6.45, 7) is 6.32. The molecule has 0 saturated carbocycles. The molecule has 3 unspecified atom stereocenters. The fourth-order valence-electron chi connectivity index (χ4n) is 3.71. The van der Waals surface area contributed by atoms with Crippen LogP contribution in [0.5, 0.6) is 0 Å². The van der Waals surface area contributed by atoms with Gasteiger partial charge in [0.05, 0.1) is 23.6 Å². The lowest BCUT2D eigenvalue weighted by molar-refractivity contribution is -0.292. The summed E-state index contributed by atoms with van der Waals surface area (Å²) in [4.78, 5) is 28.7. The Morgan fingerprint density at radius 1 is 1.36 bits per heavy atom. The number of rotatable bonds is 7. The molecule has 7 heteroatoms. The van der Waals surface area contributed by atoms with E-state index in [0.717, 1.165) is 30.6 Å². The fraction of sp³-hybridized carbons (Fsp3) is 0.571. The van der Waals surface area contributed by atoms with Crippen LogP contribution in [-0.4, -0.2) is 39.1 Å². The first-order valence-corrected chi connectivity index (χ1v) is 9.89. The molecule has 0 radical (unpaired) electrons. The van der Waals surface area contributed by atoms with Gasteiger partial charge in [0.2, 0.25) is 0 Å². The minimum atomic E-state index is -1.56. The predicted octanol–water partition coefficient (Wildman–Crippen LogP) is 2.98. The monoisotopic (exact) mass is 388 g/mol. The minimum Gasteiger partial charge on any atom is -0.477 e. The molecule has 7 nitrogen and oxygen atoms in total. The van der Waals surface area contributed by atoms with Crippen LogP contribution in [0.1, 0.15) is 45.9 Å². The third-order valence-corrected chi connectivity index (χ3v) is 5.50. The van der Waals surface area contributed by atoms with Gasteiger partial charge in [-0.05, 0) is 31.9 Å². The highest BCUT2D eigenvalue weighted by atomic mass is 16.7. The molecule has 1 aromatic carbocycles. The summed E-state index contributed by atoms with van der Waals surface area (Å²) in [7, 11) is 0. The molecular formula is C21H28N2O5. The molecule has 0 aliphatic carbocycles. The molecule has 152 valence electrons. The number of para-hydroxylation sites is 1. The molecule has 2 heterocycles. The molecule has 0 spiro atoms. The highest BCUT2D eigenvalue weighted by molar-refractivity contribution is 5.77. The quantitative estimate of drug-likeness (QED) is 0.734. The Hall–Kier alpha value is -2.25. The second-order valence-corrected chi connectivity index (χ2v) is 7.50. The van der Waals surface area contributed by atoms with Crippen molar-refractivity contribution >= 4 is 16.9 Å². The number of aliphatic carboxylic acids is 1. The van der Waals surface area contributed by atoms with E-state index >= 15 is 0 Å². The van der Waals surface area contributed by atoms with E-state index in [-0.39, 0.29) is 17.6 Å². The molecular weight excluding hydrogens is 360 g/mol. The molecule has 28 heavy (non-hydrogen) atoms. The first kappa shape index (κ1) is 20.5. The Bertz CT molecular complexity index is 909. The van der Waals surface area contributed by atoms with E-state index in [0.29, 0.717) is 25.0 Å². The van der Waals surface area contributed by atoms with Gasteiger partial charge in [0.25, 0.3) is 11.3 Å². The molecule has 1 aliphatic heterocycles. The van der Waals surface area contributed by atoms with Crippen molar-refractivity contribution in [2.24, 2.45) is 5.92 Å². The molecule has 1 fully saturated rings. The van der Waals surface area contributed by atoms with Crippen LogP contribution in [-0.2, 0) is 27.2 Å². The Kier molecular flexibility index (Phi) is 6.15. The maximum Gasteiger partial charge on any atom is 0.364 e. The zero-order valence-corrected chi connectivity index (χ0v) is 16.7. The Balaban J connectivity index is 1.60. The molecule has 2 aromatic rings. The van der Waals surface area contributed by atoms with Gasteiger partial charge in [0.15, 0.2) is 0 Å². The Morgan fingerprint density at radius 3 is 2.79 bits per heavy atom. The van der Waals surface area contributed by atoms with Crippen molar-refractivity contribution in [1.29, 1.82) is 0 Å². The van der Waals surface area contributed by atoms with Gasteiger partial charge in [-0.1, -0.05) is 25.5 Å². The van der Waals surface area contributed by atoms with E-state index < -0.39 is 11.8 Å². The number of nitrogens with zero attached hydrogens (tertiary/aromatic N) is 2. The first-order valence-electron chi connectivity index (χ1n) is 9.89. The van der Waals surface area contributed by atoms with Crippen LogP contribution < -0.4 is 5.56 Å². The Morgan fingerprint density at radius 2 is 2.11 bits per heavy atom. The van der Waals surface area contributed by atoms with Crippen molar-refractivity contribution in [3.05, 3.63) is 40.4 Å². The smallest absolute Gasteiger partial charge is 0.364 e. The average molecular weight is 388 g/mol. The summed E-state index contributed by atoms with van der Waals surface area (Å²) in [6, 6.07) is 7.44. The molecule has 1 aliphatic rings. The maximum atomic E-state index is 12.8. The van der Waals surface area contributed by atoms with Crippen molar-refractivity contribution < 1.29 is 19.4 Å². The maximum absolute atomic E-state index is 12.8. The summed E-state index contributed by atoms with van der Waals surface area (Å²) in [5.74, 6) is -1.72. The van der Waals surface area contributed by atoms with Crippen molar-refractivity contribution in [2.45, 2.75) is 64.9 Å². The zero-order valence-electron chi connectivity index (χ0n) is 16.7. The number of aromatic nitrogens is 2. The lowest BCUT2D eigenvalue weighted by atomic mass is 9.96. The highest BCUT2D eigenvalue weighted by Gasteiger charge is 2.43. The van der Waals surface area contributed by atoms with Crippen molar-refractivity contribution in [3.63, 3.8) is 0 Å². The molecule has 1 aromatic heterocycles. The van der Waals surface area contributed by atoms with Crippen molar-refractivity contribution in [1.82, 2.24) is 9.55 Å². The number of hydrogen-bond donors (Lipinski definition) is 1. The number of hydrogen-bond acceptors (Lipinski definition) is 5. The number of carbonyl (C=O) groups is 1. The number of benzene rings is 1. The molecule has 3 rings (SSSR count). The van der Waals surface area contributed by atoms with Gasteiger partial charge in [-0.15, -0.1) is 0 Å².